The van der Waals surface area contributed by atoms with E-state index < -0.39 is 0 Å². The van der Waals surface area contributed by atoms with Gasteiger partial charge in [0.2, 0.25) is 0 Å². The van der Waals surface area contributed by atoms with Crippen LogP contribution in [0.1, 0.15) is 13.8 Å². The SMILES string of the molecule is CNC(C)C(C)Sc1ccc(Cl)cc1. The van der Waals surface area contributed by atoms with Crippen LogP contribution in [-0.2, 0) is 0 Å². The summed E-state index contributed by atoms with van der Waals surface area (Å²) in [7, 11) is 1.99. The molecule has 0 heterocycles. The first-order chi connectivity index (χ1) is 6.63. The lowest BCUT2D eigenvalue weighted by Gasteiger charge is -2.18. The summed E-state index contributed by atoms with van der Waals surface area (Å²) in [5.74, 6) is 0. The van der Waals surface area contributed by atoms with E-state index in [2.05, 4.69) is 31.3 Å². The molecular weight excluding hydrogens is 214 g/mol. The first-order valence-electron chi connectivity index (χ1n) is 4.73. The molecule has 0 saturated carbocycles. The number of nitrogens with one attached hydrogen (secondary N) is 1. The minimum absolute atomic E-state index is 0.510. The molecule has 0 aliphatic rings. The van der Waals surface area contributed by atoms with Crippen molar-refractivity contribution in [2.24, 2.45) is 0 Å². The van der Waals surface area contributed by atoms with Crippen molar-refractivity contribution < 1.29 is 0 Å². The standard InChI is InChI=1S/C11H16ClNS/c1-8(13-3)9(2)14-11-6-4-10(12)5-7-11/h4-9,13H,1-3H3. The molecule has 1 rings (SSSR count). The first kappa shape index (κ1) is 11.9. The molecule has 0 radical (unpaired) electrons. The van der Waals surface area contributed by atoms with Gasteiger partial charge >= 0.3 is 0 Å². The molecule has 2 atom stereocenters. The Labute approximate surface area is 95.2 Å². The van der Waals surface area contributed by atoms with E-state index in [9.17, 15) is 0 Å². The van der Waals surface area contributed by atoms with Crippen LogP contribution in [0.4, 0.5) is 0 Å². The monoisotopic (exact) mass is 229 g/mol. The fourth-order valence-corrected chi connectivity index (χ4v) is 2.25. The molecule has 0 aliphatic heterocycles. The number of thioether (sulfide) groups is 1. The lowest BCUT2D eigenvalue weighted by molar-refractivity contribution is 0.605. The number of halogens is 1. The second kappa shape index (κ2) is 5.64. The van der Waals surface area contributed by atoms with Crippen molar-refractivity contribution in [2.45, 2.75) is 30.0 Å². The molecule has 0 saturated heterocycles. The fraction of sp³-hybridized carbons (Fsp3) is 0.455. The van der Waals surface area contributed by atoms with Gasteiger partial charge in [0.1, 0.15) is 0 Å². The van der Waals surface area contributed by atoms with Gasteiger partial charge in [0.15, 0.2) is 0 Å². The lowest BCUT2D eigenvalue weighted by atomic mass is 10.3. The minimum atomic E-state index is 0.510. The summed E-state index contributed by atoms with van der Waals surface area (Å²) in [4.78, 5) is 1.27. The Balaban J connectivity index is 2.56. The molecule has 0 bridgehead atoms. The van der Waals surface area contributed by atoms with Crippen LogP contribution in [0.15, 0.2) is 29.2 Å². The maximum Gasteiger partial charge on any atom is 0.0406 e. The van der Waals surface area contributed by atoms with E-state index in [-0.39, 0.29) is 0 Å². The number of hydrogen-bond acceptors (Lipinski definition) is 2. The van der Waals surface area contributed by atoms with E-state index in [1.54, 1.807) is 0 Å². The van der Waals surface area contributed by atoms with Crippen molar-refractivity contribution in [3.63, 3.8) is 0 Å². The van der Waals surface area contributed by atoms with E-state index in [0.29, 0.717) is 11.3 Å². The van der Waals surface area contributed by atoms with Crippen molar-refractivity contribution in [1.29, 1.82) is 0 Å². The third-order valence-electron chi connectivity index (χ3n) is 2.30. The van der Waals surface area contributed by atoms with Crippen LogP contribution in [-0.4, -0.2) is 18.3 Å². The average Bonchev–Trinajstić information content (AvgIpc) is 2.20. The second-order valence-electron chi connectivity index (χ2n) is 3.35. The second-order valence-corrected chi connectivity index (χ2v) is 5.24. The molecule has 0 aromatic heterocycles. The third-order valence-corrected chi connectivity index (χ3v) is 3.87. The highest BCUT2D eigenvalue weighted by Gasteiger charge is 2.10. The highest BCUT2D eigenvalue weighted by Crippen LogP contribution is 2.26. The number of hydrogen-bond donors (Lipinski definition) is 1. The molecule has 0 aliphatic carbocycles. The zero-order valence-corrected chi connectivity index (χ0v) is 10.3. The maximum absolute atomic E-state index is 5.82. The first-order valence-corrected chi connectivity index (χ1v) is 5.98. The van der Waals surface area contributed by atoms with Gasteiger partial charge in [-0.05, 0) is 38.2 Å². The highest BCUT2D eigenvalue weighted by molar-refractivity contribution is 8.00. The molecule has 0 spiro atoms. The normalized spacial score (nSPS) is 15.1. The fourth-order valence-electron chi connectivity index (χ4n) is 1.06. The molecule has 1 nitrogen and oxygen atoms in total. The van der Waals surface area contributed by atoms with Crippen LogP contribution in [0.5, 0.6) is 0 Å². The maximum atomic E-state index is 5.82. The number of benzene rings is 1. The van der Waals surface area contributed by atoms with Crippen molar-refractivity contribution in [3.8, 4) is 0 Å². The van der Waals surface area contributed by atoms with Gasteiger partial charge in [0.05, 0.1) is 0 Å². The van der Waals surface area contributed by atoms with E-state index in [0.717, 1.165) is 5.02 Å². The van der Waals surface area contributed by atoms with Crippen LogP contribution in [0.3, 0.4) is 0 Å². The molecule has 1 aromatic carbocycles. The summed E-state index contributed by atoms with van der Waals surface area (Å²) >= 11 is 7.68. The Hall–Kier alpha value is -0.180. The van der Waals surface area contributed by atoms with Gasteiger partial charge in [-0.15, -0.1) is 11.8 Å². The van der Waals surface area contributed by atoms with Crippen LogP contribution in [0.25, 0.3) is 0 Å². The minimum Gasteiger partial charge on any atom is -0.316 e. The molecule has 2 unspecified atom stereocenters. The molecule has 1 N–H and O–H groups in total. The number of rotatable bonds is 4. The summed E-state index contributed by atoms with van der Waals surface area (Å²) in [6.07, 6.45) is 0. The summed E-state index contributed by atoms with van der Waals surface area (Å²) in [6.45, 7) is 4.41. The Bertz CT molecular complexity index is 273. The van der Waals surface area contributed by atoms with Gasteiger partial charge in [-0.25, -0.2) is 0 Å². The van der Waals surface area contributed by atoms with Crippen LogP contribution < -0.4 is 5.32 Å². The van der Waals surface area contributed by atoms with Crippen LogP contribution in [0, 0.1) is 0 Å². The van der Waals surface area contributed by atoms with Gasteiger partial charge < -0.3 is 5.32 Å². The Morgan fingerprint density at radius 1 is 1.21 bits per heavy atom. The third kappa shape index (κ3) is 3.52. The van der Waals surface area contributed by atoms with E-state index >= 15 is 0 Å². The summed E-state index contributed by atoms with van der Waals surface area (Å²) in [5, 5.41) is 4.60. The van der Waals surface area contributed by atoms with Crippen molar-refractivity contribution in [3.05, 3.63) is 29.3 Å². The van der Waals surface area contributed by atoms with E-state index in [4.69, 9.17) is 11.6 Å². The van der Waals surface area contributed by atoms with Crippen molar-refractivity contribution in [2.75, 3.05) is 7.05 Å². The van der Waals surface area contributed by atoms with Gasteiger partial charge in [-0.3, -0.25) is 0 Å². The zero-order valence-electron chi connectivity index (χ0n) is 8.75. The summed E-state index contributed by atoms with van der Waals surface area (Å²) < 4.78 is 0. The summed E-state index contributed by atoms with van der Waals surface area (Å²) in [6, 6.07) is 8.50. The largest absolute Gasteiger partial charge is 0.316 e. The average molecular weight is 230 g/mol. The smallest absolute Gasteiger partial charge is 0.0406 e. The van der Waals surface area contributed by atoms with Crippen LogP contribution in [0.2, 0.25) is 5.02 Å². The summed E-state index contributed by atoms with van der Waals surface area (Å²) in [5.41, 5.74) is 0. The Kier molecular flexibility index (Phi) is 4.79. The Morgan fingerprint density at radius 2 is 1.79 bits per heavy atom. The van der Waals surface area contributed by atoms with E-state index in [1.807, 2.05) is 30.9 Å². The van der Waals surface area contributed by atoms with Crippen molar-refractivity contribution >= 4 is 23.4 Å². The lowest BCUT2D eigenvalue weighted by Crippen LogP contribution is -2.30. The molecule has 0 amide bonds. The Morgan fingerprint density at radius 3 is 2.29 bits per heavy atom. The van der Waals surface area contributed by atoms with Crippen molar-refractivity contribution in [1.82, 2.24) is 5.32 Å². The van der Waals surface area contributed by atoms with Gasteiger partial charge in [0.25, 0.3) is 0 Å². The molecule has 1 aromatic rings. The molecule has 0 fully saturated rings. The molecular formula is C11H16ClNS. The quantitative estimate of drug-likeness (QED) is 0.794. The van der Waals surface area contributed by atoms with Gasteiger partial charge in [-0.2, -0.15) is 0 Å². The zero-order chi connectivity index (χ0) is 10.6. The topological polar surface area (TPSA) is 12.0 Å². The van der Waals surface area contributed by atoms with Gasteiger partial charge in [0, 0.05) is 21.2 Å². The van der Waals surface area contributed by atoms with E-state index in [1.165, 1.54) is 4.90 Å². The highest BCUT2D eigenvalue weighted by atomic mass is 35.5. The van der Waals surface area contributed by atoms with Crippen LogP contribution >= 0.6 is 23.4 Å². The molecule has 78 valence electrons. The predicted octanol–water partition coefficient (Wildman–Crippen LogP) is 3.43. The van der Waals surface area contributed by atoms with Gasteiger partial charge in [-0.1, -0.05) is 18.5 Å². The molecule has 3 heteroatoms. The predicted molar refractivity (Wildman–Crippen MR) is 65.3 cm³/mol. The molecule has 14 heavy (non-hydrogen) atoms.